The molecule has 15 heavy (non-hydrogen) atoms. The maximum atomic E-state index is 5.59. The summed E-state index contributed by atoms with van der Waals surface area (Å²) < 4.78 is 19.4. The molecule has 4 heteroatoms. The molecule has 1 aromatic carbocycles. The Balaban J connectivity index is 3.41. The Hall–Kier alpha value is -0.446. The van der Waals surface area contributed by atoms with Crippen LogP contribution in [0.15, 0.2) is 41.3 Å². The molecule has 0 atom stereocenters. The molecular formula is C11H17O3Ti. The molecule has 0 bridgehead atoms. The second-order valence-corrected chi connectivity index (χ2v) is 9.98. The molecule has 0 amide bonds. The predicted molar refractivity (Wildman–Crippen MR) is 57.3 cm³/mol. The standard InChI is InChI=1S/C6H5.C2H3.3CH3O.Ti/c1-2-4-6-5-3-1;4*1-2;/h1-5H;1H,2H2;3*1H3;/q;;3*-1;+3. The van der Waals surface area contributed by atoms with Gasteiger partial charge >= 0.3 is 92.9 Å². The van der Waals surface area contributed by atoms with Crippen LogP contribution < -0.4 is 3.87 Å². The summed E-state index contributed by atoms with van der Waals surface area (Å²) in [6, 6.07) is 9.68. The van der Waals surface area contributed by atoms with Gasteiger partial charge in [0.05, 0.1) is 0 Å². The van der Waals surface area contributed by atoms with E-state index in [1.165, 1.54) is 0 Å². The van der Waals surface area contributed by atoms with Crippen LogP contribution in [-0.2, 0) is 26.4 Å². The van der Waals surface area contributed by atoms with Crippen molar-refractivity contribution in [3.05, 3.63) is 41.3 Å². The van der Waals surface area contributed by atoms with Crippen molar-refractivity contribution < 1.29 is 26.4 Å². The van der Waals surface area contributed by atoms with Gasteiger partial charge in [-0.05, 0) is 0 Å². The minimum absolute atomic E-state index is 0.928. The number of benzene rings is 1. The maximum absolute atomic E-state index is 5.59. The molecule has 0 aromatic heterocycles. The zero-order valence-electron chi connectivity index (χ0n) is 9.40. The average molecular weight is 245 g/mol. The quantitative estimate of drug-likeness (QED) is 0.740. The first kappa shape index (κ1) is 12.6. The molecule has 0 saturated carbocycles. The van der Waals surface area contributed by atoms with Gasteiger partial charge < -0.3 is 0 Å². The van der Waals surface area contributed by atoms with Gasteiger partial charge in [0, 0.05) is 0 Å². The number of rotatable bonds is 5. The summed E-state index contributed by atoms with van der Waals surface area (Å²) in [5.74, 6) is 0. The van der Waals surface area contributed by atoms with E-state index in [1.54, 1.807) is 25.7 Å². The molecule has 83 valence electrons. The summed E-state index contributed by atoms with van der Waals surface area (Å²) in [6.45, 7) is 3.80. The fourth-order valence-corrected chi connectivity index (χ4v) is 5.98. The third-order valence-electron chi connectivity index (χ3n) is 2.81. The summed E-state index contributed by atoms with van der Waals surface area (Å²) in [7, 11) is 4.79. The van der Waals surface area contributed by atoms with Crippen molar-refractivity contribution in [1.82, 2.24) is 0 Å². The van der Waals surface area contributed by atoms with Gasteiger partial charge in [-0.1, -0.05) is 0 Å². The van der Waals surface area contributed by atoms with Gasteiger partial charge in [-0.25, -0.2) is 0 Å². The van der Waals surface area contributed by atoms with Gasteiger partial charge in [0.15, 0.2) is 0 Å². The van der Waals surface area contributed by atoms with Crippen LogP contribution in [0, 0.1) is 0 Å². The molecule has 3 nitrogen and oxygen atoms in total. The van der Waals surface area contributed by atoms with Gasteiger partial charge in [-0.3, -0.25) is 0 Å². The van der Waals surface area contributed by atoms with Crippen LogP contribution in [0.3, 0.4) is 0 Å². The molecule has 1 rings (SSSR count). The normalized spacial score (nSPS) is 14.2. The first-order chi connectivity index (χ1) is 7.17. The Morgan fingerprint density at radius 2 is 1.47 bits per heavy atom. The minimum atomic E-state index is -4.08. The third kappa shape index (κ3) is 1.82. The monoisotopic (exact) mass is 245 g/mol. The zero-order valence-corrected chi connectivity index (χ0v) is 11.0. The van der Waals surface area contributed by atoms with E-state index in [2.05, 4.69) is 6.58 Å². The van der Waals surface area contributed by atoms with Gasteiger partial charge in [0.1, 0.15) is 0 Å². The van der Waals surface area contributed by atoms with Crippen molar-refractivity contribution in [1.29, 1.82) is 0 Å². The molecule has 0 fully saturated rings. The van der Waals surface area contributed by atoms with Crippen molar-refractivity contribution in [3.8, 4) is 0 Å². The van der Waals surface area contributed by atoms with Gasteiger partial charge in [-0.15, -0.1) is 0 Å². The molecule has 0 saturated heterocycles. The van der Waals surface area contributed by atoms with Gasteiger partial charge in [0.25, 0.3) is 0 Å². The summed E-state index contributed by atoms with van der Waals surface area (Å²) >= 11 is -4.08. The molecule has 0 unspecified atom stereocenters. The second-order valence-electron chi connectivity index (χ2n) is 3.24. The van der Waals surface area contributed by atoms with Crippen LogP contribution in [0.4, 0.5) is 0 Å². The molecule has 1 aromatic rings. The molecular weight excluding hydrogens is 228 g/mol. The van der Waals surface area contributed by atoms with Gasteiger partial charge in [-0.2, -0.15) is 0 Å². The summed E-state index contributed by atoms with van der Waals surface area (Å²) in [4.78, 5) is 0. The Morgan fingerprint density at radius 1 is 1.00 bits per heavy atom. The molecule has 0 radical (unpaired) electrons. The van der Waals surface area contributed by atoms with Crippen molar-refractivity contribution in [2.45, 2.75) is 0 Å². The molecule has 0 aliphatic rings. The van der Waals surface area contributed by atoms with Crippen molar-refractivity contribution in [2.75, 3.05) is 21.3 Å². The van der Waals surface area contributed by atoms with E-state index in [1.807, 2.05) is 30.3 Å². The Morgan fingerprint density at radius 3 is 1.80 bits per heavy atom. The van der Waals surface area contributed by atoms with Crippen LogP contribution in [0.5, 0.6) is 0 Å². The van der Waals surface area contributed by atoms with E-state index >= 15 is 0 Å². The topological polar surface area (TPSA) is 27.7 Å². The van der Waals surface area contributed by atoms with E-state index in [4.69, 9.17) is 9.96 Å². The van der Waals surface area contributed by atoms with Crippen LogP contribution in [0.1, 0.15) is 0 Å². The molecule has 0 aliphatic heterocycles. The fraction of sp³-hybridized carbons (Fsp3) is 0.273. The van der Waals surface area contributed by atoms with Crippen LogP contribution in [0.25, 0.3) is 0 Å². The van der Waals surface area contributed by atoms with Crippen molar-refractivity contribution in [2.24, 2.45) is 0 Å². The molecule has 0 spiro atoms. The van der Waals surface area contributed by atoms with Crippen LogP contribution in [-0.4, -0.2) is 21.3 Å². The Bertz CT molecular complexity index is 322. The van der Waals surface area contributed by atoms with Crippen LogP contribution in [0.2, 0.25) is 0 Å². The first-order valence-corrected chi connectivity index (χ1v) is 8.29. The van der Waals surface area contributed by atoms with E-state index in [0.717, 1.165) is 3.87 Å². The molecule has 0 N–H and O–H groups in total. The predicted octanol–water partition coefficient (Wildman–Crippen LogP) is 1.83. The number of hydrogen-bond donors (Lipinski definition) is 0. The van der Waals surface area contributed by atoms with Crippen molar-refractivity contribution in [3.63, 3.8) is 0 Å². The zero-order chi connectivity index (χ0) is 11.4. The molecule has 0 heterocycles. The Labute approximate surface area is 93.0 Å². The average Bonchev–Trinajstić information content (AvgIpc) is 2.35. The SMILES string of the molecule is C=[CH][Ti]([O]C)([O]C)([O]C)[c]1ccccc1. The third-order valence-corrected chi connectivity index (χ3v) is 9.67. The van der Waals surface area contributed by atoms with E-state index in [-0.39, 0.29) is 0 Å². The summed E-state index contributed by atoms with van der Waals surface area (Å²) in [6.07, 6.45) is 0. The summed E-state index contributed by atoms with van der Waals surface area (Å²) in [5, 5.41) is 0. The van der Waals surface area contributed by atoms with E-state index < -0.39 is 16.5 Å². The van der Waals surface area contributed by atoms with Crippen molar-refractivity contribution >= 4 is 3.87 Å². The first-order valence-electron chi connectivity index (χ1n) is 4.69. The summed E-state index contributed by atoms with van der Waals surface area (Å²) in [5.41, 5.74) is 0. The van der Waals surface area contributed by atoms with Gasteiger partial charge in [0.2, 0.25) is 0 Å². The molecule has 0 aliphatic carbocycles. The van der Waals surface area contributed by atoms with E-state index in [9.17, 15) is 0 Å². The van der Waals surface area contributed by atoms with E-state index in [0.29, 0.717) is 0 Å². The second kappa shape index (κ2) is 4.60. The fourth-order valence-electron chi connectivity index (χ4n) is 1.71. The Kier molecular flexibility index (Phi) is 3.87. The number of hydrogen-bond acceptors (Lipinski definition) is 3. The van der Waals surface area contributed by atoms with Crippen LogP contribution >= 0.6 is 0 Å².